The molecular formula is C20H23ClFNO2S. The number of ether oxygens (including phenoxy) is 1. The smallest absolute Gasteiger partial charge is 0.137 e. The van der Waals surface area contributed by atoms with Crippen LogP contribution >= 0.6 is 23.4 Å². The number of allylic oxidation sites excluding steroid dienone is 6. The minimum absolute atomic E-state index is 0.0873. The van der Waals surface area contributed by atoms with Gasteiger partial charge in [0.2, 0.25) is 0 Å². The van der Waals surface area contributed by atoms with E-state index in [1.165, 1.54) is 11.0 Å². The Balaban J connectivity index is 1.54. The summed E-state index contributed by atoms with van der Waals surface area (Å²) in [5.74, 6) is 1.48. The number of nitrogens with zero attached hydrogens (tertiary/aromatic N) is 1. The molecule has 6 heteroatoms. The van der Waals surface area contributed by atoms with Crippen LogP contribution in [0.1, 0.15) is 19.3 Å². The lowest BCUT2D eigenvalue weighted by molar-refractivity contribution is 0.131. The molecule has 0 bridgehead atoms. The second-order valence-corrected chi connectivity index (χ2v) is 8.86. The number of halogens is 2. The number of hydrogen-bond donors (Lipinski definition) is 1. The topological polar surface area (TPSA) is 32.7 Å². The predicted octanol–water partition coefficient (Wildman–Crippen LogP) is 4.48. The third-order valence-electron chi connectivity index (χ3n) is 5.54. The van der Waals surface area contributed by atoms with E-state index in [1.807, 2.05) is 12.2 Å². The number of thioether (sulfide) groups is 1. The summed E-state index contributed by atoms with van der Waals surface area (Å²) in [5.41, 5.74) is 0.852. The maximum Gasteiger partial charge on any atom is 0.137 e. The van der Waals surface area contributed by atoms with E-state index >= 15 is 0 Å². The van der Waals surface area contributed by atoms with Gasteiger partial charge in [-0.05, 0) is 56.5 Å². The van der Waals surface area contributed by atoms with Gasteiger partial charge >= 0.3 is 0 Å². The van der Waals surface area contributed by atoms with Gasteiger partial charge in [0.05, 0.1) is 18.1 Å². The van der Waals surface area contributed by atoms with Crippen molar-refractivity contribution in [1.29, 1.82) is 0 Å². The molecule has 4 rings (SSSR count). The second kappa shape index (κ2) is 7.93. The normalized spacial score (nSPS) is 29.9. The molecule has 3 nitrogen and oxygen atoms in total. The molecule has 2 atom stereocenters. The maximum absolute atomic E-state index is 13.6. The molecule has 2 aliphatic heterocycles. The van der Waals surface area contributed by atoms with Crippen LogP contribution < -0.4 is 0 Å². The van der Waals surface area contributed by atoms with Crippen molar-refractivity contribution in [2.24, 2.45) is 11.8 Å². The van der Waals surface area contributed by atoms with Crippen molar-refractivity contribution < 1.29 is 14.2 Å². The largest absolute Gasteiger partial charge is 0.464 e. The Morgan fingerprint density at radius 1 is 1.31 bits per heavy atom. The van der Waals surface area contributed by atoms with E-state index < -0.39 is 0 Å². The van der Waals surface area contributed by atoms with E-state index in [2.05, 4.69) is 4.90 Å². The van der Waals surface area contributed by atoms with Crippen molar-refractivity contribution in [3.8, 4) is 0 Å². The van der Waals surface area contributed by atoms with Gasteiger partial charge in [0, 0.05) is 28.0 Å². The van der Waals surface area contributed by atoms with Gasteiger partial charge in [0.1, 0.15) is 11.6 Å². The van der Waals surface area contributed by atoms with Crippen LogP contribution in [0.2, 0.25) is 0 Å². The molecule has 26 heavy (non-hydrogen) atoms. The van der Waals surface area contributed by atoms with Crippen molar-refractivity contribution in [3.05, 3.63) is 57.7 Å². The molecule has 140 valence electrons. The minimum Gasteiger partial charge on any atom is -0.464 e. The fourth-order valence-electron chi connectivity index (χ4n) is 4.15. The van der Waals surface area contributed by atoms with Crippen LogP contribution in [0.25, 0.3) is 0 Å². The van der Waals surface area contributed by atoms with Crippen LogP contribution in [0.4, 0.5) is 4.39 Å². The Hall–Kier alpha value is -1.01. The Kier molecular flexibility index (Phi) is 5.60. The molecule has 1 saturated heterocycles. The molecule has 0 spiro atoms. The number of likely N-dealkylation sites (tertiary alicyclic amines) is 1. The van der Waals surface area contributed by atoms with Gasteiger partial charge in [-0.2, -0.15) is 0 Å². The number of aliphatic hydroxyl groups excluding tert-OH is 1. The first-order chi connectivity index (χ1) is 12.6. The highest BCUT2D eigenvalue weighted by Gasteiger charge is 2.36. The zero-order valence-electron chi connectivity index (χ0n) is 14.5. The molecule has 0 amide bonds. The molecule has 2 aliphatic carbocycles. The molecule has 1 fully saturated rings. The first-order valence-corrected chi connectivity index (χ1v) is 10.4. The summed E-state index contributed by atoms with van der Waals surface area (Å²) in [6.07, 6.45) is 11.6. The van der Waals surface area contributed by atoms with E-state index in [0.29, 0.717) is 11.8 Å². The zero-order valence-corrected chi connectivity index (χ0v) is 16.1. The zero-order chi connectivity index (χ0) is 18.1. The average Bonchev–Trinajstić information content (AvgIpc) is 2.81. The molecular weight excluding hydrogens is 373 g/mol. The monoisotopic (exact) mass is 395 g/mol. The summed E-state index contributed by atoms with van der Waals surface area (Å²) in [7, 11) is 0. The molecule has 0 radical (unpaired) electrons. The van der Waals surface area contributed by atoms with Gasteiger partial charge in [-0.1, -0.05) is 17.7 Å². The highest BCUT2D eigenvalue weighted by atomic mass is 35.5. The summed E-state index contributed by atoms with van der Waals surface area (Å²) in [4.78, 5) is 3.56. The van der Waals surface area contributed by atoms with E-state index in [-0.39, 0.29) is 17.7 Å². The first-order valence-electron chi connectivity index (χ1n) is 9.16. The Morgan fingerprint density at radius 2 is 2.12 bits per heavy atom. The SMILES string of the molecule is OCCN1CCC(C2CC(Cl)=CC3=C2SC2C=CC(F)=CC2=CO3)CC1. The van der Waals surface area contributed by atoms with Crippen LogP contribution in [-0.2, 0) is 4.74 Å². The molecule has 2 unspecified atom stereocenters. The number of fused-ring (bicyclic) bond motifs is 1. The van der Waals surface area contributed by atoms with Gasteiger partial charge < -0.3 is 14.7 Å². The molecule has 4 aliphatic rings. The maximum atomic E-state index is 13.6. The molecule has 2 heterocycles. The van der Waals surface area contributed by atoms with Gasteiger partial charge in [0.25, 0.3) is 0 Å². The summed E-state index contributed by atoms with van der Waals surface area (Å²) < 4.78 is 19.5. The summed E-state index contributed by atoms with van der Waals surface area (Å²) >= 11 is 8.21. The highest BCUT2D eigenvalue weighted by Crippen LogP contribution is 2.49. The standard InChI is InChI=1S/C20H23ClFNO2S/c21-15-10-17(13-3-5-23(6-4-13)7-8-24)20-18(11-15)25-12-14-9-16(22)1-2-19(14)26-20/h1-2,9,11-13,17,19,24H,3-8,10H2. The van der Waals surface area contributed by atoms with Gasteiger partial charge in [-0.3, -0.25) is 0 Å². The molecule has 1 N–H and O–H groups in total. The van der Waals surface area contributed by atoms with E-state index in [4.69, 9.17) is 21.4 Å². The Bertz CT molecular complexity index is 719. The van der Waals surface area contributed by atoms with Crippen LogP contribution in [0.5, 0.6) is 0 Å². The molecule has 0 aromatic carbocycles. The Labute approximate surface area is 162 Å². The van der Waals surface area contributed by atoms with Crippen molar-refractivity contribution >= 4 is 23.4 Å². The molecule has 0 aromatic rings. The molecule has 0 aromatic heterocycles. The summed E-state index contributed by atoms with van der Waals surface area (Å²) in [5, 5.41) is 10.1. The number of hydrogen-bond acceptors (Lipinski definition) is 4. The average molecular weight is 396 g/mol. The van der Waals surface area contributed by atoms with Gasteiger partial charge in [-0.25, -0.2) is 4.39 Å². The van der Waals surface area contributed by atoms with E-state index in [9.17, 15) is 4.39 Å². The third-order valence-corrected chi connectivity index (χ3v) is 7.24. The first kappa shape index (κ1) is 18.4. The number of aliphatic hydroxyl groups is 1. The van der Waals surface area contributed by atoms with Gasteiger partial charge in [-0.15, -0.1) is 11.8 Å². The lowest BCUT2D eigenvalue weighted by Gasteiger charge is -2.38. The Morgan fingerprint density at radius 3 is 2.88 bits per heavy atom. The van der Waals surface area contributed by atoms with Crippen molar-refractivity contribution in [2.45, 2.75) is 24.5 Å². The number of β-amino-alcohol motifs (C(OH)–C–C–N with tert-alkyl or cyclic N) is 1. The van der Waals surface area contributed by atoms with Crippen LogP contribution in [0, 0.1) is 11.8 Å². The van der Waals surface area contributed by atoms with Crippen LogP contribution in [-0.4, -0.2) is 41.5 Å². The fourth-order valence-corrected chi connectivity index (χ4v) is 5.78. The summed E-state index contributed by atoms with van der Waals surface area (Å²) in [6.45, 7) is 2.99. The summed E-state index contributed by atoms with van der Waals surface area (Å²) in [6, 6.07) is 0. The van der Waals surface area contributed by atoms with Crippen molar-refractivity contribution in [1.82, 2.24) is 4.90 Å². The van der Waals surface area contributed by atoms with E-state index in [0.717, 1.165) is 55.3 Å². The van der Waals surface area contributed by atoms with Crippen molar-refractivity contribution in [2.75, 3.05) is 26.2 Å². The third kappa shape index (κ3) is 3.81. The number of piperidine rings is 1. The number of rotatable bonds is 3. The van der Waals surface area contributed by atoms with Crippen molar-refractivity contribution in [3.63, 3.8) is 0 Å². The quantitative estimate of drug-likeness (QED) is 0.763. The van der Waals surface area contributed by atoms with E-state index in [1.54, 1.807) is 24.1 Å². The van der Waals surface area contributed by atoms with Crippen LogP contribution in [0.3, 0.4) is 0 Å². The predicted molar refractivity (Wildman–Crippen MR) is 104 cm³/mol. The lowest BCUT2D eigenvalue weighted by atomic mass is 9.80. The lowest BCUT2D eigenvalue weighted by Crippen LogP contribution is -2.38. The molecule has 0 saturated carbocycles. The second-order valence-electron chi connectivity index (χ2n) is 7.20. The van der Waals surface area contributed by atoms with Crippen LogP contribution in [0.15, 0.2) is 57.7 Å². The minimum atomic E-state index is -0.238. The fraction of sp³-hybridized carbons (Fsp3) is 0.500. The van der Waals surface area contributed by atoms with Gasteiger partial charge in [0.15, 0.2) is 0 Å². The highest BCUT2D eigenvalue weighted by molar-refractivity contribution is 8.04.